The molecule has 6 heteroatoms. The van der Waals surface area contributed by atoms with Crippen molar-refractivity contribution in [2.75, 3.05) is 41.0 Å². The van der Waals surface area contributed by atoms with Crippen molar-refractivity contribution in [3.8, 4) is 17.2 Å². The minimum Gasteiger partial charge on any atom is -0.496 e. The van der Waals surface area contributed by atoms with E-state index in [0.29, 0.717) is 12.3 Å². The molecule has 1 aliphatic heterocycles. The van der Waals surface area contributed by atoms with Gasteiger partial charge in [-0.3, -0.25) is 0 Å². The molecule has 1 fully saturated rings. The Morgan fingerprint density at radius 3 is 2.20 bits per heavy atom. The van der Waals surface area contributed by atoms with Crippen LogP contribution in [0.1, 0.15) is 32.3 Å². The molecule has 0 aromatic heterocycles. The number of nitrogens with zero attached hydrogens (tertiary/aromatic N) is 2. The summed E-state index contributed by atoms with van der Waals surface area (Å²) < 4.78 is 16.3. The zero-order valence-electron chi connectivity index (χ0n) is 16.1. The summed E-state index contributed by atoms with van der Waals surface area (Å²) >= 11 is 0. The highest BCUT2D eigenvalue weighted by molar-refractivity contribution is 5.80. The highest BCUT2D eigenvalue weighted by Crippen LogP contribution is 2.34. The molecule has 1 saturated heterocycles. The van der Waals surface area contributed by atoms with E-state index in [9.17, 15) is 0 Å². The third-order valence-corrected chi connectivity index (χ3v) is 4.62. The maximum Gasteiger partial charge on any atom is 0.194 e. The molecule has 0 unspecified atom stereocenters. The van der Waals surface area contributed by atoms with Crippen molar-refractivity contribution in [3.05, 3.63) is 17.7 Å². The Hall–Kier alpha value is -2.11. The summed E-state index contributed by atoms with van der Waals surface area (Å²) in [5.74, 6) is 3.90. The number of likely N-dealkylation sites (tertiary alicyclic amines) is 1. The van der Waals surface area contributed by atoms with E-state index in [4.69, 9.17) is 19.2 Å². The molecule has 0 radical (unpaired) electrons. The average Bonchev–Trinajstić information content (AvgIpc) is 2.65. The van der Waals surface area contributed by atoms with E-state index in [0.717, 1.165) is 48.6 Å². The first-order valence-electron chi connectivity index (χ1n) is 8.95. The summed E-state index contributed by atoms with van der Waals surface area (Å²) in [4.78, 5) is 7.18. The molecule has 0 bridgehead atoms. The van der Waals surface area contributed by atoms with E-state index in [1.165, 1.54) is 12.8 Å². The molecule has 2 rings (SSSR count). The highest BCUT2D eigenvalue weighted by atomic mass is 16.5. The molecule has 140 valence electrons. The largest absolute Gasteiger partial charge is 0.496 e. The Labute approximate surface area is 151 Å². The van der Waals surface area contributed by atoms with Crippen LogP contribution in [0, 0.1) is 5.92 Å². The second kappa shape index (κ2) is 9.39. The lowest BCUT2D eigenvalue weighted by molar-refractivity contribution is 0.273. The number of ether oxygens (including phenoxy) is 3. The van der Waals surface area contributed by atoms with Crippen LogP contribution in [0.25, 0.3) is 0 Å². The summed E-state index contributed by atoms with van der Waals surface area (Å²) in [6, 6.07) is 3.73. The van der Waals surface area contributed by atoms with Gasteiger partial charge in [-0.15, -0.1) is 0 Å². The Bertz CT molecular complexity index is 556. The molecule has 0 amide bonds. The molecule has 0 saturated carbocycles. The van der Waals surface area contributed by atoms with Gasteiger partial charge in [0.15, 0.2) is 5.96 Å². The number of benzene rings is 1. The predicted octanol–water partition coefficient (Wildman–Crippen LogP) is 2.91. The molecular formula is C19H31N3O3. The third kappa shape index (κ3) is 4.94. The summed E-state index contributed by atoms with van der Waals surface area (Å²) in [6.07, 6.45) is 2.42. The molecule has 1 heterocycles. The van der Waals surface area contributed by atoms with Crippen molar-refractivity contribution >= 4 is 5.96 Å². The van der Waals surface area contributed by atoms with Crippen LogP contribution in [0.5, 0.6) is 17.2 Å². The van der Waals surface area contributed by atoms with Gasteiger partial charge in [0.05, 0.1) is 33.4 Å². The quantitative estimate of drug-likeness (QED) is 0.632. The van der Waals surface area contributed by atoms with E-state index >= 15 is 0 Å². The van der Waals surface area contributed by atoms with Gasteiger partial charge in [0.1, 0.15) is 17.2 Å². The number of aliphatic imine (C=N–C) groups is 1. The fourth-order valence-corrected chi connectivity index (χ4v) is 3.03. The number of hydrogen-bond acceptors (Lipinski definition) is 4. The second-order valence-corrected chi connectivity index (χ2v) is 6.35. The fraction of sp³-hybridized carbons (Fsp3) is 0.632. The smallest absolute Gasteiger partial charge is 0.194 e. The first-order chi connectivity index (χ1) is 12.1. The second-order valence-electron chi connectivity index (χ2n) is 6.35. The molecule has 0 atom stereocenters. The lowest BCUT2D eigenvalue weighted by atomic mass is 9.99. The van der Waals surface area contributed by atoms with Crippen LogP contribution in [-0.4, -0.2) is 51.8 Å². The third-order valence-electron chi connectivity index (χ3n) is 4.62. The monoisotopic (exact) mass is 349 g/mol. The van der Waals surface area contributed by atoms with Gasteiger partial charge in [-0.05, 0) is 25.7 Å². The van der Waals surface area contributed by atoms with Crippen LogP contribution < -0.4 is 19.5 Å². The number of hydrogen-bond donors (Lipinski definition) is 1. The van der Waals surface area contributed by atoms with Gasteiger partial charge >= 0.3 is 0 Å². The Kier molecular flexibility index (Phi) is 7.22. The Morgan fingerprint density at radius 2 is 1.72 bits per heavy atom. The molecule has 1 aromatic carbocycles. The van der Waals surface area contributed by atoms with E-state index in [1.54, 1.807) is 21.3 Å². The zero-order valence-corrected chi connectivity index (χ0v) is 16.1. The van der Waals surface area contributed by atoms with Gasteiger partial charge in [0.2, 0.25) is 0 Å². The molecule has 1 aromatic rings. The standard InChI is InChI=1S/C19H31N3O3/c1-6-20-19(22-9-7-14(2)8-10-22)21-13-16-17(24-4)11-15(23-3)12-18(16)25-5/h11-12,14H,6-10,13H2,1-5H3,(H,20,21). The van der Waals surface area contributed by atoms with Crippen LogP contribution in [-0.2, 0) is 6.54 Å². The van der Waals surface area contributed by atoms with Crippen molar-refractivity contribution in [2.45, 2.75) is 33.2 Å². The van der Waals surface area contributed by atoms with Crippen LogP contribution in [0.15, 0.2) is 17.1 Å². The highest BCUT2D eigenvalue weighted by Gasteiger charge is 2.19. The van der Waals surface area contributed by atoms with Gasteiger partial charge in [0.25, 0.3) is 0 Å². The molecule has 0 spiro atoms. The van der Waals surface area contributed by atoms with Crippen LogP contribution in [0.3, 0.4) is 0 Å². The van der Waals surface area contributed by atoms with Crippen molar-refractivity contribution in [1.29, 1.82) is 0 Å². The zero-order chi connectivity index (χ0) is 18.2. The first kappa shape index (κ1) is 19.2. The van der Waals surface area contributed by atoms with Crippen molar-refractivity contribution in [1.82, 2.24) is 10.2 Å². The van der Waals surface area contributed by atoms with Crippen LogP contribution in [0.4, 0.5) is 0 Å². The topological polar surface area (TPSA) is 55.3 Å². The van der Waals surface area contributed by atoms with E-state index in [-0.39, 0.29) is 0 Å². The summed E-state index contributed by atoms with van der Waals surface area (Å²) in [5.41, 5.74) is 0.923. The summed E-state index contributed by atoms with van der Waals surface area (Å²) in [6.45, 7) is 7.84. The first-order valence-corrected chi connectivity index (χ1v) is 8.95. The fourth-order valence-electron chi connectivity index (χ4n) is 3.03. The maximum atomic E-state index is 5.52. The maximum absolute atomic E-state index is 5.52. The van der Waals surface area contributed by atoms with E-state index in [2.05, 4.69) is 24.1 Å². The van der Waals surface area contributed by atoms with Crippen molar-refractivity contribution in [3.63, 3.8) is 0 Å². The Balaban J connectivity index is 2.24. The van der Waals surface area contributed by atoms with Crippen molar-refractivity contribution in [2.24, 2.45) is 10.9 Å². The number of nitrogens with one attached hydrogen (secondary N) is 1. The summed E-state index contributed by atoms with van der Waals surface area (Å²) in [5, 5.41) is 3.40. The van der Waals surface area contributed by atoms with Crippen molar-refractivity contribution < 1.29 is 14.2 Å². The normalized spacial score (nSPS) is 15.9. The number of piperidine rings is 1. The number of methoxy groups -OCH3 is 3. The van der Waals surface area contributed by atoms with Crippen LogP contribution >= 0.6 is 0 Å². The number of rotatable bonds is 6. The van der Waals surface area contributed by atoms with Gasteiger partial charge in [-0.1, -0.05) is 6.92 Å². The minimum absolute atomic E-state index is 0.491. The lowest BCUT2D eigenvalue weighted by Crippen LogP contribution is -2.45. The molecule has 25 heavy (non-hydrogen) atoms. The predicted molar refractivity (Wildman–Crippen MR) is 101 cm³/mol. The van der Waals surface area contributed by atoms with Gasteiger partial charge in [0, 0.05) is 31.8 Å². The van der Waals surface area contributed by atoms with Gasteiger partial charge < -0.3 is 24.4 Å². The van der Waals surface area contributed by atoms with E-state index < -0.39 is 0 Å². The SMILES string of the molecule is CCNC(=NCc1c(OC)cc(OC)cc1OC)N1CCC(C)CC1. The molecule has 1 aliphatic rings. The summed E-state index contributed by atoms with van der Waals surface area (Å²) in [7, 11) is 4.93. The molecular weight excluding hydrogens is 318 g/mol. The molecule has 1 N–H and O–H groups in total. The molecule has 6 nitrogen and oxygen atoms in total. The number of guanidine groups is 1. The Morgan fingerprint density at radius 1 is 1.12 bits per heavy atom. The van der Waals surface area contributed by atoms with Gasteiger partial charge in [-0.25, -0.2) is 4.99 Å². The van der Waals surface area contributed by atoms with Gasteiger partial charge in [-0.2, -0.15) is 0 Å². The lowest BCUT2D eigenvalue weighted by Gasteiger charge is -2.33. The average molecular weight is 349 g/mol. The molecule has 0 aliphatic carbocycles. The minimum atomic E-state index is 0.491. The van der Waals surface area contributed by atoms with E-state index in [1.807, 2.05) is 12.1 Å². The van der Waals surface area contributed by atoms with Crippen LogP contribution in [0.2, 0.25) is 0 Å².